The van der Waals surface area contributed by atoms with Crippen LogP contribution in [0.5, 0.6) is 0 Å². The highest BCUT2D eigenvalue weighted by Gasteiger charge is 1.99. The van der Waals surface area contributed by atoms with E-state index in [2.05, 4.69) is 12.3 Å². The number of hydrogen-bond acceptors (Lipinski definition) is 1. The first-order valence-corrected chi connectivity index (χ1v) is 4.53. The van der Waals surface area contributed by atoms with Gasteiger partial charge in [0.05, 0.1) is 0 Å². The Kier molecular flexibility index (Phi) is 1.63. The van der Waals surface area contributed by atoms with Crippen LogP contribution in [-0.4, -0.2) is 0 Å². The van der Waals surface area contributed by atoms with Crippen molar-refractivity contribution in [2.75, 3.05) is 0 Å². The average Bonchev–Trinajstić information content (AvgIpc) is 2.32. The molecule has 55 valence electrons. The van der Waals surface area contributed by atoms with Crippen molar-refractivity contribution in [3.05, 3.63) is 34.2 Å². The Morgan fingerprint density at radius 2 is 2.27 bits per heavy atom. The summed E-state index contributed by atoms with van der Waals surface area (Å²) in [6.45, 7) is 2.06. The van der Waals surface area contributed by atoms with Crippen LogP contribution in [0.1, 0.15) is 5.56 Å². The van der Waals surface area contributed by atoms with E-state index in [1.807, 2.05) is 18.2 Å². The molecule has 0 atom stereocenters. The lowest BCUT2D eigenvalue weighted by Crippen LogP contribution is -1.66. The Labute approximate surface area is 74.4 Å². The van der Waals surface area contributed by atoms with Crippen molar-refractivity contribution in [3.8, 4) is 0 Å². The van der Waals surface area contributed by atoms with Crippen molar-refractivity contribution in [2.24, 2.45) is 0 Å². The summed E-state index contributed by atoms with van der Waals surface area (Å²) in [7, 11) is 0. The number of rotatable bonds is 0. The van der Waals surface area contributed by atoms with Crippen LogP contribution < -0.4 is 0 Å². The zero-order chi connectivity index (χ0) is 7.84. The standard InChI is InChI=1S/C9H6ClS/c1-6-5-11-9-4-7(10)2-3-8(6)9/h2-4H,1H3. The SMILES string of the molecule is Cc1[c]sc2cc(Cl)ccc12. The van der Waals surface area contributed by atoms with Crippen molar-refractivity contribution < 1.29 is 0 Å². The third-order valence-electron chi connectivity index (χ3n) is 1.66. The normalized spacial score (nSPS) is 10.7. The molecule has 0 N–H and O–H groups in total. The van der Waals surface area contributed by atoms with E-state index >= 15 is 0 Å². The van der Waals surface area contributed by atoms with Gasteiger partial charge in [-0.1, -0.05) is 17.7 Å². The largest absolute Gasteiger partial charge is 0.134 e. The molecule has 0 aliphatic rings. The predicted molar refractivity (Wildman–Crippen MR) is 50.4 cm³/mol. The summed E-state index contributed by atoms with van der Waals surface area (Å²) in [4.78, 5) is 0. The molecular weight excluding hydrogens is 176 g/mol. The van der Waals surface area contributed by atoms with Crippen LogP contribution >= 0.6 is 22.9 Å². The molecule has 1 radical (unpaired) electrons. The summed E-state index contributed by atoms with van der Waals surface area (Å²) in [5.41, 5.74) is 1.21. The van der Waals surface area contributed by atoms with E-state index in [0.717, 1.165) is 5.02 Å². The second-order valence-electron chi connectivity index (χ2n) is 2.47. The van der Waals surface area contributed by atoms with Gasteiger partial charge in [-0.3, -0.25) is 0 Å². The second-order valence-corrected chi connectivity index (χ2v) is 3.75. The van der Waals surface area contributed by atoms with Gasteiger partial charge in [-0.2, -0.15) is 0 Å². The third kappa shape index (κ3) is 1.15. The van der Waals surface area contributed by atoms with Crippen molar-refractivity contribution >= 4 is 33.0 Å². The first kappa shape index (κ1) is 7.14. The van der Waals surface area contributed by atoms with Crippen LogP contribution in [0.15, 0.2) is 18.2 Å². The highest BCUT2D eigenvalue weighted by Crippen LogP contribution is 2.27. The summed E-state index contributed by atoms with van der Waals surface area (Å²) < 4.78 is 1.22. The number of benzene rings is 1. The highest BCUT2D eigenvalue weighted by atomic mass is 35.5. The maximum absolute atomic E-state index is 5.82. The van der Waals surface area contributed by atoms with E-state index in [0.29, 0.717) is 0 Å². The van der Waals surface area contributed by atoms with Crippen molar-refractivity contribution in [2.45, 2.75) is 6.92 Å². The molecule has 0 nitrogen and oxygen atoms in total. The summed E-state index contributed by atoms with van der Waals surface area (Å²) in [5, 5.41) is 5.25. The first-order valence-electron chi connectivity index (χ1n) is 3.34. The van der Waals surface area contributed by atoms with E-state index < -0.39 is 0 Å². The molecule has 0 aliphatic heterocycles. The van der Waals surface area contributed by atoms with E-state index in [9.17, 15) is 0 Å². The Morgan fingerprint density at radius 1 is 1.45 bits per heavy atom. The smallest absolute Gasteiger partial charge is 0.0487 e. The predicted octanol–water partition coefficient (Wildman–Crippen LogP) is 3.66. The maximum atomic E-state index is 5.82. The Balaban J connectivity index is 2.86. The van der Waals surface area contributed by atoms with Gasteiger partial charge in [0.25, 0.3) is 0 Å². The first-order chi connectivity index (χ1) is 5.27. The van der Waals surface area contributed by atoms with Gasteiger partial charge in [-0.25, -0.2) is 0 Å². The topological polar surface area (TPSA) is 0 Å². The van der Waals surface area contributed by atoms with Gasteiger partial charge in [0.2, 0.25) is 0 Å². The van der Waals surface area contributed by atoms with Gasteiger partial charge >= 0.3 is 0 Å². The number of aryl methyl sites for hydroxylation is 1. The van der Waals surface area contributed by atoms with Crippen LogP contribution in [0.3, 0.4) is 0 Å². The van der Waals surface area contributed by atoms with E-state index in [1.54, 1.807) is 11.3 Å². The lowest BCUT2D eigenvalue weighted by atomic mass is 10.2. The molecule has 0 amide bonds. The fraction of sp³-hybridized carbons (Fsp3) is 0.111. The number of hydrogen-bond donors (Lipinski definition) is 0. The third-order valence-corrected chi connectivity index (χ3v) is 2.86. The maximum Gasteiger partial charge on any atom is 0.0487 e. The van der Waals surface area contributed by atoms with Crippen molar-refractivity contribution in [3.63, 3.8) is 0 Å². The van der Waals surface area contributed by atoms with E-state index in [-0.39, 0.29) is 0 Å². The van der Waals surface area contributed by atoms with Crippen LogP contribution in [0, 0.1) is 12.3 Å². The molecule has 11 heavy (non-hydrogen) atoms. The fourth-order valence-corrected chi connectivity index (χ4v) is 2.20. The average molecular weight is 182 g/mol. The molecule has 1 aromatic carbocycles. The summed E-state index contributed by atoms with van der Waals surface area (Å²) in [6, 6.07) is 5.93. The van der Waals surface area contributed by atoms with Crippen molar-refractivity contribution in [1.82, 2.24) is 0 Å². The Morgan fingerprint density at radius 3 is 3.09 bits per heavy atom. The fourth-order valence-electron chi connectivity index (χ4n) is 1.08. The van der Waals surface area contributed by atoms with Gasteiger partial charge in [-0.05, 0) is 30.0 Å². The molecular formula is C9H6ClS. The van der Waals surface area contributed by atoms with Gasteiger partial charge in [0, 0.05) is 15.1 Å². The van der Waals surface area contributed by atoms with Gasteiger partial charge in [0.1, 0.15) is 0 Å². The molecule has 0 bridgehead atoms. The molecule has 2 rings (SSSR count). The minimum atomic E-state index is 0.799. The minimum Gasteiger partial charge on any atom is -0.134 e. The zero-order valence-electron chi connectivity index (χ0n) is 6.02. The van der Waals surface area contributed by atoms with E-state index in [1.165, 1.54) is 15.6 Å². The molecule has 2 heteroatoms. The summed E-state index contributed by atoms with van der Waals surface area (Å²) in [6.07, 6.45) is 0. The minimum absolute atomic E-state index is 0.799. The van der Waals surface area contributed by atoms with Crippen LogP contribution in [0.4, 0.5) is 0 Å². The lowest BCUT2D eigenvalue weighted by Gasteiger charge is -1.90. The van der Waals surface area contributed by atoms with Gasteiger partial charge < -0.3 is 0 Å². The highest BCUT2D eigenvalue weighted by molar-refractivity contribution is 7.16. The van der Waals surface area contributed by atoms with Crippen LogP contribution in [-0.2, 0) is 0 Å². The molecule has 0 fully saturated rings. The molecule has 2 aromatic rings. The van der Waals surface area contributed by atoms with Gasteiger partial charge in [0.15, 0.2) is 0 Å². The number of thiophene rings is 1. The van der Waals surface area contributed by atoms with E-state index in [4.69, 9.17) is 11.6 Å². The molecule has 0 aliphatic carbocycles. The van der Waals surface area contributed by atoms with Crippen LogP contribution in [0.2, 0.25) is 5.02 Å². The second kappa shape index (κ2) is 2.50. The molecule has 1 heterocycles. The molecule has 0 spiro atoms. The summed E-state index contributed by atoms with van der Waals surface area (Å²) >= 11 is 7.44. The van der Waals surface area contributed by atoms with Gasteiger partial charge in [-0.15, -0.1) is 11.3 Å². The summed E-state index contributed by atoms with van der Waals surface area (Å²) in [5.74, 6) is 0. The number of fused-ring (bicyclic) bond motifs is 1. The van der Waals surface area contributed by atoms with Crippen LogP contribution in [0.25, 0.3) is 10.1 Å². The Bertz CT molecular complexity index is 389. The monoisotopic (exact) mass is 181 g/mol. The number of halogens is 1. The van der Waals surface area contributed by atoms with Crippen molar-refractivity contribution in [1.29, 1.82) is 0 Å². The molecule has 1 aromatic heterocycles. The Hall–Kier alpha value is -0.530. The molecule has 0 saturated carbocycles. The zero-order valence-corrected chi connectivity index (χ0v) is 7.59. The quantitative estimate of drug-likeness (QED) is 0.582. The molecule has 0 unspecified atom stereocenters. The molecule has 0 saturated heterocycles. The lowest BCUT2D eigenvalue weighted by molar-refractivity contribution is 1.59.